The molecule has 0 saturated heterocycles. The molecule has 1 aromatic heterocycles. The highest BCUT2D eigenvalue weighted by Gasteiger charge is 2.52. The van der Waals surface area contributed by atoms with Gasteiger partial charge in [-0.1, -0.05) is 26.0 Å². The Bertz CT molecular complexity index is 458. The van der Waals surface area contributed by atoms with E-state index in [9.17, 15) is 0 Å². The van der Waals surface area contributed by atoms with E-state index in [1.807, 2.05) is 6.20 Å². The first-order valence-corrected chi connectivity index (χ1v) is 8.25. The van der Waals surface area contributed by atoms with Crippen LogP contribution in [0.3, 0.4) is 0 Å². The Hall–Kier alpha value is -0.900. The van der Waals surface area contributed by atoms with Gasteiger partial charge in [0.05, 0.1) is 11.9 Å². The Morgan fingerprint density at radius 3 is 2.38 bits per heavy atom. The van der Waals surface area contributed by atoms with Crippen LogP contribution < -0.4 is 5.32 Å². The molecular weight excluding hydrogens is 260 g/mol. The molecule has 0 atom stereocenters. The van der Waals surface area contributed by atoms with Gasteiger partial charge in [-0.2, -0.15) is 0 Å². The molecule has 0 radical (unpaired) electrons. The van der Waals surface area contributed by atoms with Crippen LogP contribution in [0.1, 0.15) is 66.5 Å². The quantitative estimate of drug-likeness (QED) is 0.817. The summed E-state index contributed by atoms with van der Waals surface area (Å²) in [5.41, 5.74) is 2.26. The molecule has 0 bridgehead atoms. The third-order valence-electron chi connectivity index (χ3n) is 4.86. The molecule has 0 amide bonds. The third kappa shape index (κ3) is 4.29. The maximum Gasteiger partial charge on any atom is 0.0725 e. The molecule has 0 aromatic carbocycles. The van der Waals surface area contributed by atoms with Gasteiger partial charge in [0, 0.05) is 12.1 Å². The second kappa shape index (κ2) is 5.71. The second-order valence-corrected chi connectivity index (χ2v) is 8.69. The minimum Gasteiger partial charge on any atom is -0.312 e. The summed E-state index contributed by atoms with van der Waals surface area (Å²) in [5.74, 6) is 0. The lowest BCUT2D eigenvalue weighted by molar-refractivity contribution is 0.176. The van der Waals surface area contributed by atoms with Crippen molar-refractivity contribution in [2.45, 2.75) is 79.3 Å². The number of aromatic nitrogens is 3. The first-order chi connectivity index (χ1) is 9.63. The third-order valence-corrected chi connectivity index (χ3v) is 4.86. The fourth-order valence-electron chi connectivity index (χ4n) is 2.92. The van der Waals surface area contributed by atoms with Crippen molar-refractivity contribution in [2.75, 3.05) is 6.54 Å². The van der Waals surface area contributed by atoms with Crippen molar-refractivity contribution in [3.63, 3.8) is 0 Å². The molecule has 21 heavy (non-hydrogen) atoms. The van der Waals surface area contributed by atoms with Crippen LogP contribution in [-0.4, -0.2) is 27.1 Å². The standard InChI is InChI=1S/C17H32N4/c1-15(2,3)17(9-10-17)13-21-14(12-19-20-21)8-7-11-18-16(4,5)6/h12,18H,7-11,13H2,1-6H3. The number of rotatable bonds is 6. The predicted molar refractivity (Wildman–Crippen MR) is 87.2 cm³/mol. The number of hydrogen-bond acceptors (Lipinski definition) is 3. The van der Waals surface area contributed by atoms with Gasteiger partial charge >= 0.3 is 0 Å². The molecule has 4 nitrogen and oxygen atoms in total. The highest BCUT2D eigenvalue weighted by Crippen LogP contribution is 2.59. The minimum atomic E-state index is 0.197. The number of aryl methyl sites for hydroxylation is 1. The predicted octanol–water partition coefficient (Wildman–Crippen LogP) is 3.43. The molecule has 1 heterocycles. The first-order valence-electron chi connectivity index (χ1n) is 8.25. The van der Waals surface area contributed by atoms with Gasteiger partial charge < -0.3 is 5.32 Å². The average Bonchev–Trinajstić information content (AvgIpc) is 2.98. The molecule has 0 aliphatic heterocycles. The summed E-state index contributed by atoms with van der Waals surface area (Å²) in [6.45, 7) is 15.7. The van der Waals surface area contributed by atoms with Gasteiger partial charge in [0.25, 0.3) is 0 Å². The van der Waals surface area contributed by atoms with E-state index in [-0.39, 0.29) is 5.54 Å². The van der Waals surface area contributed by atoms with Crippen LogP contribution in [-0.2, 0) is 13.0 Å². The highest BCUT2D eigenvalue weighted by molar-refractivity contribution is 5.04. The van der Waals surface area contributed by atoms with Crippen molar-refractivity contribution in [3.8, 4) is 0 Å². The maximum atomic E-state index is 4.33. The van der Waals surface area contributed by atoms with E-state index in [2.05, 4.69) is 61.9 Å². The molecule has 1 saturated carbocycles. The van der Waals surface area contributed by atoms with Crippen LogP contribution in [0.5, 0.6) is 0 Å². The number of nitrogens with one attached hydrogen (secondary N) is 1. The van der Waals surface area contributed by atoms with Crippen molar-refractivity contribution < 1.29 is 0 Å². The van der Waals surface area contributed by atoms with Crippen LogP contribution in [0.2, 0.25) is 0 Å². The molecule has 1 aliphatic carbocycles. The second-order valence-electron chi connectivity index (χ2n) is 8.69. The lowest BCUT2D eigenvalue weighted by atomic mass is 9.77. The monoisotopic (exact) mass is 292 g/mol. The van der Waals surface area contributed by atoms with Gasteiger partial charge in [-0.15, -0.1) is 5.10 Å². The van der Waals surface area contributed by atoms with E-state index in [0.29, 0.717) is 10.8 Å². The largest absolute Gasteiger partial charge is 0.312 e. The Morgan fingerprint density at radius 2 is 1.86 bits per heavy atom. The van der Waals surface area contributed by atoms with Gasteiger partial charge in [0.2, 0.25) is 0 Å². The van der Waals surface area contributed by atoms with E-state index < -0.39 is 0 Å². The minimum absolute atomic E-state index is 0.197. The van der Waals surface area contributed by atoms with Crippen LogP contribution >= 0.6 is 0 Å². The molecule has 120 valence electrons. The molecular formula is C17H32N4. The molecule has 1 aliphatic rings. The van der Waals surface area contributed by atoms with E-state index in [1.165, 1.54) is 18.5 Å². The molecule has 4 heteroatoms. The molecule has 0 spiro atoms. The smallest absolute Gasteiger partial charge is 0.0725 e. The lowest BCUT2D eigenvalue weighted by Gasteiger charge is -2.31. The van der Waals surface area contributed by atoms with Crippen molar-refractivity contribution >= 4 is 0 Å². The first kappa shape index (κ1) is 16.5. The van der Waals surface area contributed by atoms with Gasteiger partial charge in [-0.25, -0.2) is 4.68 Å². The van der Waals surface area contributed by atoms with Gasteiger partial charge in [0.1, 0.15) is 0 Å². The SMILES string of the molecule is CC(C)(C)NCCCc1cnnn1CC1(C(C)(C)C)CC1. The average molecular weight is 292 g/mol. The fraction of sp³-hybridized carbons (Fsp3) is 0.882. The van der Waals surface area contributed by atoms with E-state index in [1.54, 1.807) is 0 Å². The van der Waals surface area contributed by atoms with E-state index in [0.717, 1.165) is 25.9 Å². The topological polar surface area (TPSA) is 42.7 Å². The van der Waals surface area contributed by atoms with Crippen molar-refractivity contribution in [2.24, 2.45) is 10.8 Å². The fourth-order valence-corrected chi connectivity index (χ4v) is 2.92. The van der Waals surface area contributed by atoms with E-state index >= 15 is 0 Å². The Labute approximate surface area is 129 Å². The van der Waals surface area contributed by atoms with Crippen molar-refractivity contribution in [1.29, 1.82) is 0 Å². The van der Waals surface area contributed by atoms with Crippen LogP contribution in [0.4, 0.5) is 0 Å². The molecule has 2 rings (SSSR count). The molecule has 1 aromatic rings. The summed E-state index contributed by atoms with van der Waals surface area (Å²) in [4.78, 5) is 0. The van der Waals surface area contributed by atoms with Gasteiger partial charge in [0.15, 0.2) is 0 Å². The summed E-state index contributed by atoms with van der Waals surface area (Å²) in [7, 11) is 0. The van der Waals surface area contributed by atoms with Crippen LogP contribution in [0.15, 0.2) is 6.20 Å². The molecule has 1 N–H and O–H groups in total. The zero-order valence-electron chi connectivity index (χ0n) is 14.7. The summed E-state index contributed by atoms with van der Waals surface area (Å²) in [5, 5.41) is 12.0. The van der Waals surface area contributed by atoms with Crippen molar-refractivity contribution in [1.82, 2.24) is 20.3 Å². The summed E-state index contributed by atoms with van der Waals surface area (Å²) in [6, 6.07) is 0. The highest BCUT2D eigenvalue weighted by atomic mass is 15.4. The maximum absolute atomic E-state index is 4.33. The Kier molecular flexibility index (Phi) is 4.48. The Morgan fingerprint density at radius 1 is 1.19 bits per heavy atom. The van der Waals surface area contributed by atoms with Gasteiger partial charge in [-0.3, -0.25) is 0 Å². The lowest BCUT2D eigenvalue weighted by Crippen LogP contribution is -2.36. The van der Waals surface area contributed by atoms with Gasteiger partial charge in [-0.05, 0) is 63.8 Å². The number of nitrogens with zero attached hydrogens (tertiary/aromatic N) is 3. The Balaban J connectivity index is 1.88. The van der Waals surface area contributed by atoms with Crippen molar-refractivity contribution in [3.05, 3.63) is 11.9 Å². The molecule has 1 fully saturated rings. The summed E-state index contributed by atoms with van der Waals surface area (Å²) < 4.78 is 2.15. The van der Waals surface area contributed by atoms with E-state index in [4.69, 9.17) is 0 Å². The summed E-state index contributed by atoms with van der Waals surface area (Å²) >= 11 is 0. The number of hydrogen-bond donors (Lipinski definition) is 1. The zero-order valence-corrected chi connectivity index (χ0v) is 14.7. The molecule has 0 unspecified atom stereocenters. The van der Waals surface area contributed by atoms with Crippen LogP contribution in [0, 0.1) is 10.8 Å². The zero-order chi connectivity index (χ0) is 15.7. The summed E-state index contributed by atoms with van der Waals surface area (Å²) in [6.07, 6.45) is 6.77. The van der Waals surface area contributed by atoms with Crippen LogP contribution in [0.25, 0.3) is 0 Å². The normalized spacial score (nSPS) is 18.0.